The Bertz CT molecular complexity index is 1040. The van der Waals surface area contributed by atoms with Gasteiger partial charge in [0.2, 0.25) is 0 Å². The Hall–Kier alpha value is -2.81. The first-order chi connectivity index (χ1) is 14.6. The number of hydrogen-bond donors (Lipinski definition) is 2. The van der Waals surface area contributed by atoms with Gasteiger partial charge in [0.1, 0.15) is 5.01 Å². The van der Waals surface area contributed by atoms with Gasteiger partial charge in [-0.15, -0.1) is 11.3 Å². The third-order valence-electron chi connectivity index (χ3n) is 4.96. The summed E-state index contributed by atoms with van der Waals surface area (Å²) in [6.45, 7) is 6.32. The van der Waals surface area contributed by atoms with Crippen LogP contribution in [0.25, 0.3) is 20.8 Å². The van der Waals surface area contributed by atoms with Gasteiger partial charge >= 0.3 is 11.8 Å². The molecule has 0 spiro atoms. The Morgan fingerprint density at radius 1 is 1.10 bits per heavy atom. The molecule has 1 aromatic heterocycles. The molecule has 0 saturated carbocycles. The highest BCUT2D eigenvalue weighted by molar-refractivity contribution is 7.21. The molecule has 7 nitrogen and oxygen atoms in total. The molecular formula is C22H24N4O3S. The first-order valence-electron chi connectivity index (χ1n) is 9.95. The summed E-state index contributed by atoms with van der Waals surface area (Å²) >= 11 is 1.64. The lowest BCUT2D eigenvalue weighted by atomic mass is 10.2. The first kappa shape index (κ1) is 20.5. The van der Waals surface area contributed by atoms with Crippen LogP contribution >= 0.6 is 11.3 Å². The molecule has 8 heteroatoms. The van der Waals surface area contributed by atoms with Crippen LogP contribution in [-0.4, -0.2) is 61.1 Å². The molecule has 156 valence electrons. The zero-order valence-electron chi connectivity index (χ0n) is 16.8. The van der Waals surface area contributed by atoms with Gasteiger partial charge in [0.05, 0.1) is 23.4 Å². The van der Waals surface area contributed by atoms with E-state index in [2.05, 4.69) is 39.6 Å². The highest BCUT2D eigenvalue weighted by atomic mass is 32.1. The Morgan fingerprint density at radius 3 is 2.63 bits per heavy atom. The van der Waals surface area contributed by atoms with E-state index in [1.165, 1.54) is 5.56 Å². The summed E-state index contributed by atoms with van der Waals surface area (Å²) in [6, 6.07) is 13.6. The van der Waals surface area contributed by atoms with Crippen molar-refractivity contribution < 1.29 is 14.3 Å². The minimum absolute atomic E-state index is 0.433. The maximum Gasteiger partial charge on any atom is 0.313 e. The normalized spacial score (nSPS) is 14.6. The van der Waals surface area contributed by atoms with E-state index in [1.54, 1.807) is 23.5 Å². The van der Waals surface area contributed by atoms with Gasteiger partial charge in [0.25, 0.3) is 0 Å². The van der Waals surface area contributed by atoms with E-state index in [9.17, 15) is 9.59 Å². The standard InChI is InChI=1S/C22H24N4O3S/c1-15-2-7-18-19(14-15)30-22(25-18)16-3-5-17(6-4-16)24-21(28)20(27)23-8-9-26-10-12-29-13-11-26/h2-7,14H,8-13H2,1H3,(H,23,27)(H,24,28). The molecule has 4 rings (SSSR count). The fourth-order valence-corrected chi connectivity index (χ4v) is 4.34. The number of carbonyl (C=O) groups is 2. The average molecular weight is 425 g/mol. The number of aromatic nitrogens is 1. The number of thiazole rings is 1. The third-order valence-corrected chi connectivity index (χ3v) is 6.02. The van der Waals surface area contributed by atoms with Crippen molar-refractivity contribution in [1.29, 1.82) is 0 Å². The molecular weight excluding hydrogens is 400 g/mol. The molecule has 2 aromatic carbocycles. The monoisotopic (exact) mass is 424 g/mol. The molecule has 0 bridgehead atoms. The van der Waals surface area contributed by atoms with E-state index >= 15 is 0 Å². The number of fused-ring (bicyclic) bond motifs is 1. The summed E-state index contributed by atoms with van der Waals surface area (Å²) < 4.78 is 6.44. The van der Waals surface area contributed by atoms with Gasteiger partial charge in [0.15, 0.2) is 0 Å². The van der Waals surface area contributed by atoms with E-state index < -0.39 is 11.8 Å². The molecule has 2 N–H and O–H groups in total. The van der Waals surface area contributed by atoms with Gasteiger partial charge in [-0.05, 0) is 48.9 Å². The van der Waals surface area contributed by atoms with Crippen LogP contribution in [0.4, 0.5) is 5.69 Å². The maximum atomic E-state index is 12.1. The Labute approximate surface area is 179 Å². The van der Waals surface area contributed by atoms with Crippen LogP contribution in [0, 0.1) is 6.92 Å². The molecule has 2 amide bonds. The average Bonchev–Trinajstić information content (AvgIpc) is 3.18. The number of aryl methyl sites for hydroxylation is 1. The van der Waals surface area contributed by atoms with Crippen molar-refractivity contribution in [2.24, 2.45) is 0 Å². The van der Waals surface area contributed by atoms with E-state index in [-0.39, 0.29) is 0 Å². The Balaban J connectivity index is 1.31. The smallest absolute Gasteiger partial charge is 0.313 e. The second-order valence-corrected chi connectivity index (χ2v) is 8.26. The van der Waals surface area contributed by atoms with Crippen molar-refractivity contribution in [2.45, 2.75) is 6.92 Å². The van der Waals surface area contributed by atoms with Crippen LogP contribution in [0.1, 0.15) is 5.56 Å². The summed E-state index contributed by atoms with van der Waals surface area (Å²) in [5.41, 5.74) is 3.73. The molecule has 2 heterocycles. The van der Waals surface area contributed by atoms with Crippen LogP contribution < -0.4 is 10.6 Å². The largest absolute Gasteiger partial charge is 0.379 e. The fourth-order valence-electron chi connectivity index (χ4n) is 3.27. The van der Waals surface area contributed by atoms with Crippen molar-refractivity contribution >= 4 is 39.1 Å². The number of carbonyl (C=O) groups excluding carboxylic acids is 2. The van der Waals surface area contributed by atoms with E-state index in [4.69, 9.17) is 4.74 Å². The highest BCUT2D eigenvalue weighted by Crippen LogP contribution is 2.31. The quantitative estimate of drug-likeness (QED) is 0.616. The van der Waals surface area contributed by atoms with Gasteiger partial charge in [-0.1, -0.05) is 6.07 Å². The molecule has 30 heavy (non-hydrogen) atoms. The molecule has 1 saturated heterocycles. The summed E-state index contributed by atoms with van der Waals surface area (Å²) in [4.78, 5) is 31.0. The number of anilines is 1. The van der Waals surface area contributed by atoms with Gasteiger partial charge in [-0.2, -0.15) is 0 Å². The molecule has 0 atom stereocenters. The second-order valence-electron chi connectivity index (χ2n) is 7.23. The summed E-state index contributed by atoms with van der Waals surface area (Å²) in [6.07, 6.45) is 0. The van der Waals surface area contributed by atoms with Crippen molar-refractivity contribution in [3.8, 4) is 10.6 Å². The molecule has 1 aliphatic rings. The number of morpholine rings is 1. The topological polar surface area (TPSA) is 83.6 Å². The maximum absolute atomic E-state index is 12.1. The zero-order valence-corrected chi connectivity index (χ0v) is 17.6. The highest BCUT2D eigenvalue weighted by Gasteiger charge is 2.15. The number of amides is 2. The molecule has 0 radical (unpaired) electrons. The molecule has 0 aliphatic carbocycles. The lowest BCUT2D eigenvalue weighted by Crippen LogP contribution is -2.43. The van der Waals surface area contributed by atoms with Gasteiger partial charge < -0.3 is 15.4 Å². The second kappa shape index (κ2) is 9.34. The van der Waals surface area contributed by atoms with Crippen LogP contribution in [0.2, 0.25) is 0 Å². The van der Waals surface area contributed by atoms with Crippen LogP contribution in [0.5, 0.6) is 0 Å². The lowest BCUT2D eigenvalue weighted by Gasteiger charge is -2.26. The molecule has 3 aromatic rings. The Morgan fingerprint density at radius 2 is 1.87 bits per heavy atom. The predicted molar refractivity (Wildman–Crippen MR) is 119 cm³/mol. The summed E-state index contributed by atoms with van der Waals surface area (Å²) in [5, 5.41) is 6.23. The minimum atomic E-state index is -0.666. The third kappa shape index (κ3) is 5.02. The number of ether oxygens (including phenoxy) is 1. The SMILES string of the molecule is Cc1ccc2nc(-c3ccc(NC(=O)C(=O)NCCN4CCOCC4)cc3)sc2c1. The summed E-state index contributed by atoms with van der Waals surface area (Å²) in [7, 11) is 0. The lowest BCUT2D eigenvalue weighted by molar-refractivity contribution is -0.136. The number of rotatable bonds is 5. The van der Waals surface area contributed by atoms with Gasteiger partial charge in [-0.3, -0.25) is 14.5 Å². The van der Waals surface area contributed by atoms with Crippen LogP contribution in [0.3, 0.4) is 0 Å². The van der Waals surface area contributed by atoms with E-state index in [1.807, 2.05) is 18.2 Å². The van der Waals surface area contributed by atoms with Gasteiger partial charge in [0, 0.05) is 37.4 Å². The summed E-state index contributed by atoms with van der Waals surface area (Å²) in [5.74, 6) is -1.30. The fraction of sp³-hybridized carbons (Fsp3) is 0.318. The number of benzene rings is 2. The van der Waals surface area contributed by atoms with E-state index in [0.29, 0.717) is 32.0 Å². The molecule has 1 aliphatic heterocycles. The van der Waals surface area contributed by atoms with Gasteiger partial charge in [-0.25, -0.2) is 4.98 Å². The molecule has 1 fully saturated rings. The molecule has 0 unspecified atom stereocenters. The number of hydrogen-bond acceptors (Lipinski definition) is 6. The number of nitrogens with one attached hydrogen (secondary N) is 2. The zero-order chi connectivity index (χ0) is 20.9. The first-order valence-corrected chi connectivity index (χ1v) is 10.8. The predicted octanol–water partition coefficient (Wildman–Crippen LogP) is 2.66. The van der Waals surface area contributed by atoms with Crippen molar-refractivity contribution in [1.82, 2.24) is 15.2 Å². The van der Waals surface area contributed by atoms with Crippen LogP contribution in [0.15, 0.2) is 42.5 Å². The van der Waals surface area contributed by atoms with Crippen molar-refractivity contribution in [3.63, 3.8) is 0 Å². The van der Waals surface area contributed by atoms with Crippen molar-refractivity contribution in [3.05, 3.63) is 48.0 Å². The minimum Gasteiger partial charge on any atom is -0.379 e. The Kier molecular flexibility index (Phi) is 6.37. The number of nitrogens with zero attached hydrogens (tertiary/aromatic N) is 2. The van der Waals surface area contributed by atoms with E-state index in [0.717, 1.165) is 33.9 Å². The van der Waals surface area contributed by atoms with Crippen LogP contribution in [-0.2, 0) is 14.3 Å². The van der Waals surface area contributed by atoms with Crippen molar-refractivity contribution in [2.75, 3.05) is 44.7 Å².